The van der Waals surface area contributed by atoms with Crippen molar-refractivity contribution in [2.45, 2.75) is 26.3 Å². The van der Waals surface area contributed by atoms with Gasteiger partial charge in [0.1, 0.15) is 0 Å². The normalized spacial score (nSPS) is 20.8. The number of amides is 1. The summed E-state index contributed by atoms with van der Waals surface area (Å²) in [4.78, 5) is 37.7. The van der Waals surface area contributed by atoms with Gasteiger partial charge in [0.2, 0.25) is 18.6 Å². The number of piperazine rings is 1. The standard InChI is InChI=1S/C23H27N5O4/c1-15-8-18-17(19(29)9-15)11-24-23(25-18)26-22(30)13-28-6-4-27(5-7-28)12-16-2-3-20-21(10-16)32-14-31-20/h2-3,10-11,15H,4-9,12-14H2,1H3,(H,24,25,26,30)/t15-/m1/s1. The molecule has 2 aromatic rings. The van der Waals surface area contributed by atoms with Crippen LogP contribution in [0.25, 0.3) is 0 Å². The van der Waals surface area contributed by atoms with Crippen LogP contribution >= 0.6 is 0 Å². The minimum absolute atomic E-state index is 0.0789. The summed E-state index contributed by atoms with van der Waals surface area (Å²) in [5, 5.41) is 2.79. The van der Waals surface area contributed by atoms with Crippen LogP contribution in [0.4, 0.5) is 5.95 Å². The van der Waals surface area contributed by atoms with E-state index in [1.165, 1.54) is 5.56 Å². The summed E-state index contributed by atoms with van der Waals surface area (Å²) < 4.78 is 10.8. The number of hydrogen-bond donors (Lipinski definition) is 1. The van der Waals surface area contributed by atoms with Gasteiger partial charge >= 0.3 is 0 Å². The van der Waals surface area contributed by atoms with Crippen molar-refractivity contribution in [3.8, 4) is 11.5 Å². The van der Waals surface area contributed by atoms with Crippen LogP contribution in [-0.4, -0.2) is 71.0 Å². The van der Waals surface area contributed by atoms with E-state index >= 15 is 0 Å². The van der Waals surface area contributed by atoms with Gasteiger partial charge in [-0.25, -0.2) is 9.97 Å². The molecule has 0 bridgehead atoms. The molecule has 3 aliphatic rings. The fraction of sp³-hybridized carbons (Fsp3) is 0.478. The number of rotatable bonds is 5. The number of fused-ring (bicyclic) bond motifs is 2. The Hall–Kier alpha value is -3.04. The molecular formula is C23H27N5O4. The first-order valence-corrected chi connectivity index (χ1v) is 11.1. The van der Waals surface area contributed by atoms with Crippen molar-refractivity contribution in [1.82, 2.24) is 19.8 Å². The van der Waals surface area contributed by atoms with Crippen LogP contribution in [0.1, 0.15) is 35.0 Å². The van der Waals surface area contributed by atoms with Gasteiger partial charge in [-0.3, -0.25) is 24.7 Å². The number of nitrogens with one attached hydrogen (secondary N) is 1. The van der Waals surface area contributed by atoms with E-state index in [4.69, 9.17) is 9.47 Å². The van der Waals surface area contributed by atoms with Crippen molar-refractivity contribution in [2.24, 2.45) is 5.92 Å². The predicted octanol–water partition coefficient (Wildman–Crippen LogP) is 1.73. The fourth-order valence-electron chi connectivity index (χ4n) is 4.46. The number of Topliss-reactive ketones (excluding diaryl/α,β-unsaturated/α-hetero) is 1. The molecule has 32 heavy (non-hydrogen) atoms. The Balaban J connectivity index is 1.10. The molecule has 2 aliphatic heterocycles. The second-order valence-electron chi connectivity index (χ2n) is 8.78. The van der Waals surface area contributed by atoms with Gasteiger partial charge < -0.3 is 9.47 Å². The molecular weight excluding hydrogens is 410 g/mol. The van der Waals surface area contributed by atoms with E-state index in [0.29, 0.717) is 18.5 Å². The number of carbonyl (C=O) groups is 2. The van der Waals surface area contributed by atoms with E-state index in [9.17, 15) is 9.59 Å². The molecule has 1 aliphatic carbocycles. The average molecular weight is 438 g/mol. The molecule has 1 aromatic heterocycles. The van der Waals surface area contributed by atoms with Gasteiger partial charge in [-0.05, 0) is 30.0 Å². The van der Waals surface area contributed by atoms with E-state index in [1.54, 1.807) is 6.20 Å². The molecule has 1 atom stereocenters. The summed E-state index contributed by atoms with van der Waals surface area (Å²) in [6, 6.07) is 6.06. The van der Waals surface area contributed by atoms with Gasteiger partial charge in [0.15, 0.2) is 17.3 Å². The van der Waals surface area contributed by atoms with Crippen molar-refractivity contribution in [3.63, 3.8) is 0 Å². The van der Waals surface area contributed by atoms with Crippen molar-refractivity contribution in [3.05, 3.63) is 41.2 Å². The largest absolute Gasteiger partial charge is 0.454 e. The van der Waals surface area contributed by atoms with E-state index in [-0.39, 0.29) is 30.3 Å². The first-order chi connectivity index (χ1) is 15.5. The molecule has 0 spiro atoms. The van der Waals surface area contributed by atoms with Gasteiger partial charge in [-0.15, -0.1) is 0 Å². The Labute approximate surface area is 186 Å². The van der Waals surface area contributed by atoms with Crippen LogP contribution in [0, 0.1) is 5.92 Å². The fourth-order valence-corrected chi connectivity index (χ4v) is 4.46. The minimum Gasteiger partial charge on any atom is -0.454 e. The molecule has 1 saturated heterocycles. The lowest BCUT2D eigenvalue weighted by molar-refractivity contribution is -0.117. The topological polar surface area (TPSA) is 96.9 Å². The molecule has 5 rings (SSSR count). The smallest absolute Gasteiger partial charge is 0.240 e. The highest BCUT2D eigenvalue weighted by Gasteiger charge is 2.25. The number of anilines is 1. The molecule has 1 fully saturated rings. The van der Waals surface area contributed by atoms with E-state index in [0.717, 1.165) is 56.3 Å². The summed E-state index contributed by atoms with van der Waals surface area (Å²) >= 11 is 0. The van der Waals surface area contributed by atoms with E-state index in [1.807, 2.05) is 19.1 Å². The van der Waals surface area contributed by atoms with Crippen LogP contribution < -0.4 is 14.8 Å². The molecule has 0 saturated carbocycles. The molecule has 1 aromatic carbocycles. The molecule has 168 valence electrons. The minimum atomic E-state index is -0.135. The molecule has 9 heteroatoms. The molecule has 9 nitrogen and oxygen atoms in total. The lowest BCUT2D eigenvalue weighted by Crippen LogP contribution is -2.48. The third-order valence-electron chi connectivity index (χ3n) is 6.17. The molecule has 1 amide bonds. The highest BCUT2D eigenvalue weighted by atomic mass is 16.7. The summed E-state index contributed by atoms with van der Waals surface area (Å²) in [5.41, 5.74) is 2.51. The van der Waals surface area contributed by atoms with E-state index < -0.39 is 0 Å². The van der Waals surface area contributed by atoms with Crippen LogP contribution in [-0.2, 0) is 17.8 Å². The van der Waals surface area contributed by atoms with Crippen LogP contribution in [0.15, 0.2) is 24.4 Å². The molecule has 0 unspecified atom stereocenters. The Morgan fingerprint density at radius 3 is 2.75 bits per heavy atom. The van der Waals surface area contributed by atoms with Crippen molar-refractivity contribution in [2.75, 3.05) is 44.8 Å². The SMILES string of the molecule is C[C@H]1CC(=O)c2cnc(NC(=O)CN3CCN(Cc4ccc5c(c4)OCO5)CC3)nc2C1. The second-order valence-corrected chi connectivity index (χ2v) is 8.78. The third-order valence-corrected chi connectivity index (χ3v) is 6.17. The van der Waals surface area contributed by atoms with Crippen molar-refractivity contribution >= 4 is 17.6 Å². The zero-order valence-corrected chi connectivity index (χ0v) is 18.2. The highest BCUT2D eigenvalue weighted by Crippen LogP contribution is 2.32. The maximum Gasteiger partial charge on any atom is 0.240 e. The van der Waals surface area contributed by atoms with E-state index in [2.05, 4.69) is 31.2 Å². The summed E-state index contributed by atoms with van der Waals surface area (Å²) in [6.07, 6.45) is 2.81. The van der Waals surface area contributed by atoms with Crippen molar-refractivity contribution < 1.29 is 19.1 Å². The Bertz CT molecular complexity index is 1040. The highest BCUT2D eigenvalue weighted by molar-refractivity contribution is 5.98. The second kappa shape index (κ2) is 8.84. The zero-order chi connectivity index (χ0) is 22.1. The molecule has 0 radical (unpaired) electrons. The summed E-state index contributed by atoms with van der Waals surface area (Å²) in [6.45, 7) is 6.86. The Morgan fingerprint density at radius 1 is 1.12 bits per heavy atom. The van der Waals surface area contributed by atoms with Gasteiger partial charge in [0.05, 0.1) is 17.8 Å². The van der Waals surface area contributed by atoms with Gasteiger partial charge in [0.25, 0.3) is 0 Å². The summed E-state index contributed by atoms with van der Waals surface area (Å²) in [5.74, 6) is 2.09. The predicted molar refractivity (Wildman–Crippen MR) is 117 cm³/mol. The molecule has 3 heterocycles. The first-order valence-electron chi connectivity index (χ1n) is 11.1. The summed E-state index contributed by atoms with van der Waals surface area (Å²) in [7, 11) is 0. The zero-order valence-electron chi connectivity index (χ0n) is 18.2. The average Bonchev–Trinajstić information content (AvgIpc) is 3.22. The monoisotopic (exact) mass is 437 g/mol. The number of aromatic nitrogens is 2. The molecule has 1 N–H and O–H groups in total. The maximum absolute atomic E-state index is 12.5. The number of ether oxygens (including phenoxy) is 2. The van der Waals surface area contributed by atoms with Crippen LogP contribution in [0.3, 0.4) is 0 Å². The first kappa shape index (κ1) is 20.8. The quantitative estimate of drug-likeness (QED) is 0.756. The maximum atomic E-state index is 12.5. The number of hydrogen-bond acceptors (Lipinski definition) is 8. The number of carbonyl (C=O) groups excluding carboxylic acids is 2. The number of benzene rings is 1. The lowest BCUT2D eigenvalue weighted by atomic mass is 9.88. The van der Waals surface area contributed by atoms with Gasteiger partial charge in [-0.2, -0.15) is 0 Å². The van der Waals surface area contributed by atoms with Crippen LogP contribution in [0.5, 0.6) is 11.5 Å². The third kappa shape index (κ3) is 4.58. The Morgan fingerprint density at radius 2 is 1.91 bits per heavy atom. The number of ketones is 1. The van der Waals surface area contributed by atoms with Gasteiger partial charge in [-0.1, -0.05) is 13.0 Å². The van der Waals surface area contributed by atoms with Crippen molar-refractivity contribution in [1.29, 1.82) is 0 Å². The van der Waals surface area contributed by atoms with Crippen LogP contribution in [0.2, 0.25) is 0 Å². The lowest BCUT2D eigenvalue weighted by Gasteiger charge is -2.34. The number of nitrogens with zero attached hydrogens (tertiary/aromatic N) is 4. The Kier molecular flexibility index (Phi) is 5.75. The van der Waals surface area contributed by atoms with Gasteiger partial charge in [0, 0.05) is 45.3 Å².